The number of amides is 1. The van der Waals surface area contributed by atoms with E-state index in [-0.39, 0.29) is 5.91 Å². The smallest absolute Gasteiger partial charge is 0.241 e. The Bertz CT molecular complexity index is 403. The van der Waals surface area contributed by atoms with E-state index >= 15 is 0 Å². The van der Waals surface area contributed by atoms with Crippen LogP contribution in [0, 0.1) is 0 Å². The molecule has 3 nitrogen and oxygen atoms in total. The SMILES string of the molecule is CSCC[C@@H](N)C(=O)Nc1ccc(Br)cc1Cl. The minimum atomic E-state index is -0.498. The maximum absolute atomic E-state index is 11.7. The molecule has 3 N–H and O–H groups in total. The van der Waals surface area contributed by atoms with E-state index in [4.69, 9.17) is 17.3 Å². The Morgan fingerprint density at radius 2 is 2.35 bits per heavy atom. The van der Waals surface area contributed by atoms with E-state index in [9.17, 15) is 4.79 Å². The summed E-state index contributed by atoms with van der Waals surface area (Å²) in [5, 5.41) is 3.21. The van der Waals surface area contributed by atoms with E-state index < -0.39 is 6.04 Å². The average Bonchev–Trinajstić information content (AvgIpc) is 2.29. The minimum Gasteiger partial charge on any atom is -0.323 e. The van der Waals surface area contributed by atoms with Crippen molar-refractivity contribution in [2.75, 3.05) is 17.3 Å². The molecule has 0 aliphatic rings. The van der Waals surface area contributed by atoms with Crippen LogP contribution in [-0.2, 0) is 4.79 Å². The summed E-state index contributed by atoms with van der Waals surface area (Å²) in [4.78, 5) is 11.7. The van der Waals surface area contributed by atoms with Gasteiger partial charge in [-0.25, -0.2) is 0 Å². The normalized spacial score (nSPS) is 12.2. The summed E-state index contributed by atoms with van der Waals surface area (Å²) in [6.45, 7) is 0. The van der Waals surface area contributed by atoms with Crippen LogP contribution in [0.5, 0.6) is 0 Å². The van der Waals surface area contributed by atoms with E-state index in [1.807, 2.05) is 12.3 Å². The van der Waals surface area contributed by atoms with E-state index in [0.717, 1.165) is 10.2 Å². The molecule has 17 heavy (non-hydrogen) atoms. The average molecular weight is 338 g/mol. The number of nitrogens with two attached hydrogens (primary N) is 1. The van der Waals surface area contributed by atoms with Gasteiger partial charge in [0.2, 0.25) is 5.91 Å². The molecule has 1 rings (SSSR count). The monoisotopic (exact) mass is 336 g/mol. The Morgan fingerprint density at radius 3 is 2.94 bits per heavy atom. The third-order valence-electron chi connectivity index (χ3n) is 2.16. The number of hydrogen-bond donors (Lipinski definition) is 2. The van der Waals surface area contributed by atoms with Crippen LogP contribution in [0.25, 0.3) is 0 Å². The molecule has 0 radical (unpaired) electrons. The van der Waals surface area contributed by atoms with Crippen LogP contribution in [0.2, 0.25) is 5.02 Å². The van der Waals surface area contributed by atoms with Crippen molar-refractivity contribution in [2.24, 2.45) is 5.73 Å². The van der Waals surface area contributed by atoms with Crippen LogP contribution in [0.4, 0.5) is 5.69 Å². The number of carbonyl (C=O) groups is 1. The Labute approximate surface area is 119 Å². The van der Waals surface area contributed by atoms with Gasteiger partial charge in [-0.15, -0.1) is 0 Å². The van der Waals surface area contributed by atoms with Gasteiger partial charge in [0.15, 0.2) is 0 Å². The number of anilines is 1. The van der Waals surface area contributed by atoms with Crippen molar-refractivity contribution in [3.8, 4) is 0 Å². The minimum absolute atomic E-state index is 0.205. The number of thioether (sulfide) groups is 1. The molecule has 0 fully saturated rings. The van der Waals surface area contributed by atoms with E-state index in [1.165, 1.54) is 0 Å². The predicted octanol–water partition coefficient (Wildman–Crippen LogP) is 3.12. The standard InChI is InChI=1S/C11H14BrClN2OS/c1-17-5-4-9(14)11(16)15-10-3-2-7(12)6-8(10)13/h2-3,6,9H,4-5,14H2,1H3,(H,15,16)/t9-/m1/s1. The quantitative estimate of drug-likeness (QED) is 0.868. The molecule has 0 bridgehead atoms. The fraction of sp³-hybridized carbons (Fsp3) is 0.364. The summed E-state index contributed by atoms with van der Waals surface area (Å²) in [5.74, 6) is 0.658. The third kappa shape index (κ3) is 4.87. The van der Waals surface area contributed by atoms with Crippen LogP contribution in [0.3, 0.4) is 0 Å². The molecule has 0 heterocycles. The number of rotatable bonds is 5. The zero-order valence-electron chi connectivity index (χ0n) is 9.37. The highest BCUT2D eigenvalue weighted by atomic mass is 79.9. The van der Waals surface area contributed by atoms with Gasteiger partial charge in [0.25, 0.3) is 0 Å². The molecule has 6 heteroatoms. The van der Waals surface area contributed by atoms with Gasteiger partial charge in [-0.2, -0.15) is 11.8 Å². The molecule has 0 aromatic heterocycles. The first kappa shape index (κ1) is 14.8. The highest BCUT2D eigenvalue weighted by molar-refractivity contribution is 9.10. The van der Waals surface area contributed by atoms with Crippen molar-refractivity contribution in [3.05, 3.63) is 27.7 Å². The van der Waals surface area contributed by atoms with Crippen molar-refractivity contribution in [1.82, 2.24) is 0 Å². The van der Waals surface area contributed by atoms with E-state index in [1.54, 1.807) is 23.9 Å². The predicted molar refractivity (Wildman–Crippen MR) is 78.8 cm³/mol. The highest BCUT2D eigenvalue weighted by Crippen LogP contribution is 2.25. The Morgan fingerprint density at radius 1 is 1.65 bits per heavy atom. The zero-order chi connectivity index (χ0) is 12.8. The molecule has 0 unspecified atom stereocenters. The highest BCUT2D eigenvalue weighted by Gasteiger charge is 2.14. The molecular formula is C11H14BrClN2OS. The molecule has 1 atom stereocenters. The number of benzene rings is 1. The lowest BCUT2D eigenvalue weighted by Crippen LogP contribution is -2.36. The van der Waals surface area contributed by atoms with Crippen LogP contribution in [-0.4, -0.2) is 24.0 Å². The second-order valence-electron chi connectivity index (χ2n) is 3.50. The second-order valence-corrected chi connectivity index (χ2v) is 5.81. The zero-order valence-corrected chi connectivity index (χ0v) is 12.5. The first-order valence-electron chi connectivity index (χ1n) is 5.05. The summed E-state index contributed by atoms with van der Waals surface area (Å²) in [6.07, 6.45) is 2.64. The largest absolute Gasteiger partial charge is 0.323 e. The van der Waals surface area contributed by atoms with Gasteiger partial charge in [-0.1, -0.05) is 27.5 Å². The van der Waals surface area contributed by atoms with Crippen molar-refractivity contribution in [1.29, 1.82) is 0 Å². The fourth-order valence-corrected chi connectivity index (χ4v) is 2.40. The molecule has 0 aliphatic carbocycles. The topological polar surface area (TPSA) is 55.1 Å². The lowest BCUT2D eigenvalue weighted by Gasteiger charge is -2.12. The molecule has 0 saturated carbocycles. The summed E-state index contributed by atoms with van der Waals surface area (Å²) in [5.41, 5.74) is 6.34. The van der Waals surface area contributed by atoms with Crippen LogP contribution < -0.4 is 11.1 Å². The lowest BCUT2D eigenvalue weighted by atomic mass is 10.2. The van der Waals surface area contributed by atoms with Gasteiger partial charge in [-0.05, 0) is 36.6 Å². The van der Waals surface area contributed by atoms with E-state index in [0.29, 0.717) is 17.1 Å². The molecule has 0 saturated heterocycles. The van der Waals surface area contributed by atoms with Crippen LogP contribution in [0.1, 0.15) is 6.42 Å². The maximum Gasteiger partial charge on any atom is 0.241 e. The molecule has 1 aromatic carbocycles. The van der Waals surface area contributed by atoms with Gasteiger partial charge in [-0.3, -0.25) is 4.79 Å². The third-order valence-corrected chi connectivity index (χ3v) is 3.61. The fourth-order valence-electron chi connectivity index (χ4n) is 1.19. The Balaban J connectivity index is 2.61. The Kier molecular flexibility index (Phi) is 6.33. The van der Waals surface area contributed by atoms with Crippen molar-refractivity contribution in [2.45, 2.75) is 12.5 Å². The summed E-state index contributed by atoms with van der Waals surface area (Å²) in [7, 11) is 0. The van der Waals surface area contributed by atoms with Gasteiger partial charge < -0.3 is 11.1 Å². The van der Waals surface area contributed by atoms with Gasteiger partial charge >= 0.3 is 0 Å². The number of carbonyl (C=O) groups excluding carboxylic acids is 1. The first-order chi connectivity index (χ1) is 8.04. The van der Waals surface area contributed by atoms with Crippen molar-refractivity contribution in [3.63, 3.8) is 0 Å². The van der Waals surface area contributed by atoms with Crippen LogP contribution in [0.15, 0.2) is 22.7 Å². The van der Waals surface area contributed by atoms with Crippen molar-refractivity contribution >= 4 is 50.9 Å². The summed E-state index contributed by atoms with van der Waals surface area (Å²) >= 11 is 11.0. The maximum atomic E-state index is 11.7. The summed E-state index contributed by atoms with van der Waals surface area (Å²) in [6, 6.07) is 4.78. The number of nitrogens with one attached hydrogen (secondary N) is 1. The molecular weight excluding hydrogens is 324 g/mol. The van der Waals surface area contributed by atoms with Gasteiger partial charge in [0.1, 0.15) is 0 Å². The molecule has 94 valence electrons. The Hall–Kier alpha value is -0.230. The second kappa shape index (κ2) is 7.26. The van der Waals surface area contributed by atoms with Crippen molar-refractivity contribution < 1.29 is 4.79 Å². The summed E-state index contributed by atoms with van der Waals surface area (Å²) < 4.78 is 0.868. The molecule has 0 spiro atoms. The first-order valence-corrected chi connectivity index (χ1v) is 7.61. The lowest BCUT2D eigenvalue weighted by molar-refractivity contribution is -0.117. The van der Waals surface area contributed by atoms with Gasteiger partial charge in [0.05, 0.1) is 16.8 Å². The number of hydrogen-bond acceptors (Lipinski definition) is 3. The molecule has 0 aliphatic heterocycles. The van der Waals surface area contributed by atoms with Crippen LogP contribution >= 0.6 is 39.3 Å². The van der Waals surface area contributed by atoms with E-state index in [2.05, 4.69) is 21.2 Å². The molecule has 1 amide bonds. The van der Waals surface area contributed by atoms with Gasteiger partial charge in [0, 0.05) is 4.47 Å². The number of halogens is 2. The molecule has 1 aromatic rings.